The lowest BCUT2D eigenvalue weighted by Gasteiger charge is -2.23. The van der Waals surface area contributed by atoms with Crippen LogP contribution in [-0.2, 0) is 10.0 Å². The molecule has 0 spiro atoms. The van der Waals surface area contributed by atoms with Gasteiger partial charge in [-0.3, -0.25) is 4.90 Å². The van der Waals surface area contributed by atoms with Crippen molar-refractivity contribution in [3.8, 4) is 5.75 Å². The lowest BCUT2D eigenvalue weighted by atomic mass is 10.2. The first kappa shape index (κ1) is 15.8. The first-order chi connectivity index (χ1) is 10.6. The molecule has 0 radical (unpaired) electrons. The van der Waals surface area contributed by atoms with E-state index in [1.165, 1.54) is 12.8 Å². The van der Waals surface area contributed by atoms with Gasteiger partial charge in [0.1, 0.15) is 5.75 Å². The van der Waals surface area contributed by atoms with Crippen molar-refractivity contribution in [2.45, 2.75) is 37.1 Å². The Morgan fingerprint density at radius 2 is 1.82 bits per heavy atom. The van der Waals surface area contributed by atoms with Gasteiger partial charge in [-0.05, 0) is 63.5 Å². The molecule has 1 atom stereocenters. The van der Waals surface area contributed by atoms with Gasteiger partial charge >= 0.3 is 0 Å². The number of ether oxygens (including phenoxy) is 1. The molecule has 3 rings (SSSR count). The molecular weight excluding hydrogens is 300 g/mol. The normalized spacial score (nSPS) is 24.0. The standard InChI is InChI=1S/C16H24N2O3S/c1-2-21-15-5-7-16(8-6-15)22(19,20)18-12-9-14(13-18)17-10-3-4-11-17/h5-8,14H,2-4,9-13H2,1H3. The van der Waals surface area contributed by atoms with Crippen LogP contribution in [0.5, 0.6) is 5.75 Å². The topological polar surface area (TPSA) is 49.9 Å². The highest BCUT2D eigenvalue weighted by molar-refractivity contribution is 7.89. The average Bonchev–Trinajstić information content (AvgIpc) is 3.19. The van der Waals surface area contributed by atoms with Crippen molar-refractivity contribution < 1.29 is 13.2 Å². The van der Waals surface area contributed by atoms with Gasteiger partial charge in [0, 0.05) is 19.1 Å². The van der Waals surface area contributed by atoms with Crippen LogP contribution in [0.1, 0.15) is 26.2 Å². The van der Waals surface area contributed by atoms with Crippen LogP contribution in [0.4, 0.5) is 0 Å². The van der Waals surface area contributed by atoms with Gasteiger partial charge in [0.25, 0.3) is 0 Å². The zero-order chi connectivity index (χ0) is 15.6. The van der Waals surface area contributed by atoms with Crippen LogP contribution in [0, 0.1) is 0 Å². The summed E-state index contributed by atoms with van der Waals surface area (Å²) >= 11 is 0. The minimum absolute atomic E-state index is 0.359. The highest BCUT2D eigenvalue weighted by atomic mass is 32.2. The fraction of sp³-hybridized carbons (Fsp3) is 0.625. The second-order valence-corrected chi connectivity index (χ2v) is 7.89. The summed E-state index contributed by atoms with van der Waals surface area (Å²) in [7, 11) is -3.38. The zero-order valence-corrected chi connectivity index (χ0v) is 13.9. The van der Waals surface area contributed by atoms with Gasteiger partial charge in [-0.25, -0.2) is 8.42 Å². The predicted octanol–water partition coefficient (Wildman–Crippen LogP) is 1.94. The highest BCUT2D eigenvalue weighted by Gasteiger charge is 2.35. The van der Waals surface area contributed by atoms with Gasteiger partial charge in [0.15, 0.2) is 0 Å². The molecule has 2 aliphatic heterocycles. The van der Waals surface area contributed by atoms with E-state index < -0.39 is 10.0 Å². The van der Waals surface area contributed by atoms with Gasteiger partial charge in [-0.15, -0.1) is 0 Å². The van der Waals surface area contributed by atoms with Gasteiger partial charge in [-0.1, -0.05) is 0 Å². The van der Waals surface area contributed by atoms with E-state index in [1.807, 2.05) is 6.92 Å². The van der Waals surface area contributed by atoms with Crippen LogP contribution in [-0.4, -0.2) is 56.5 Å². The summed E-state index contributed by atoms with van der Waals surface area (Å²) < 4.78 is 32.5. The number of nitrogens with zero attached hydrogens (tertiary/aromatic N) is 2. The molecule has 5 nitrogen and oxygen atoms in total. The molecule has 0 aromatic heterocycles. The van der Waals surface area contributed by atoms with Crippen molar-refractivity contribution in [3.63, 3.8) is 0 Å². The fourth-order valence-corrected chi connectivity index (χ4v) is 4.85. The highest BCUT2D eigenvalue weighted by Crippen LogP contribution is 2.26. The molecule has 22 heavy (non-hydrogen) atoms. The summed E-state index contributed by atoms with van der Waals surface area (Å²) in [5.74, 6) is 0.706. The molecule has 6 heteroatoms. The molecule has 1 unspecified atom stereocenters. The molecule has 1 aromatic rings. The van der Waals surface area contributed by atoms with Crippen LogP contribution < -0.4 is 4.74 Å². The largest absolute Gasteiger partial charge is 0.494 e. The van der Waals surface area contributed by atoms with Crippen molar-refractivity contribution >= 4 is 10.0 Å². The Morgan fingerprint density at radius 1 is 1.14 bits per heavy atom. The van der Waals surface area contributed by atoms with Crippen molar-refractivity contribution in [1.82, 2.24) is 9.21 Å². The maximum Gasteiger partial charge on any atom is 0.243 e. The second-order valence-electron chi connectivity index (χ2n) is 5.95. The molecular formula is C16H24N2O3S. The van der Waals surface area contributed by atoms with E-state index in [9.17, 15) is 8.42 Å². The molecule has 2 fully saturated rings. The molecule has 0 N–H and O–H groups in total. The minimum Gasteiger partial charge on any atom is -0.494 e. The molecule has 0 amide bonds. The Kier molecular flexibility index (Phi) is 4.70. The fourth-order valence-electron chi connectivity index (χ4n) is 3.36. The molecule has 122 valence electrons. The van der Waals surface area contributed by atoms with Crippen molar-refractivity contribution in [2.24, 2.45) is 0 Å². The van der Waals surface area contributed by atoms with E-state index in [-0.39, 0.29) is 0 Å². The van der Waals surface area contributed by atoms with E-state index in [0.717, 1.165) is 19.5 Å². The first-order valence-electron chi connectivity index (χ1n) is 8.08. The van der Waals surface area contributed by atoms with Crippen LogP contribution in [0.3, 0.4) is 0 Å². The summed E-state index contributed by atoms with van der Waals surface area (Å²) in [4.78, 5) is 2.80. The van der Waals surface area contributed by atoms with E-state index in [4.69, 9.17) is 4.74 Å². The van der Waals surface area contributed by atoms with E-state index in [1.54, 1.807) is 28.6 Å². The third kappa shape index (κ3) is 3.14. The number of rotatable bonds is 5. The maximum atomic E-state index is 12.7. The number of hydrogen-bond acceptors (Lipinski definition) is 4. The van der Waals surface area contributed by atoms with Gasteiger partial charge in [-0.2, -0.15) is 4.31 Å². The van der Waals surface area contributed by atoms with Crippen LogP contribution in [0.15, 0.2) is 29.2 Å². The summed E-state index contributed by atoms with van der Waals surface area (Å²) in [6, 6.07) is 7.13. The minimum atomic E-state index is -3.38. The Bertz CT molecular complexity index is 594. The summed E-state index contributed by atoms with van der Waals surface area (Å²) in [6.07, 6.45) is 3.42. The Hall–Kier alpha value is -1.11. The predicted molar refractivity (Wildman–Crippen MR) is 85.6 cm³/mol. The summed E-state index contributed by atoms with van der Waals surface area (Å²) in [6.45, 7) is 5.96. The zero-order valence-electron chi connectivity index (χ0n) is 13.1. The molecule has 2 heterocycles. The summed E-state index contributed by atoms with van der Waals surface area (Å²) in [5, 5.41) is 0. The molecule has 0 bridgehead atoms. The van der Waals surface area contributed by atoms with E-state index in [0.29, 0.717) is 36.4 Å². The van der Waals surface area contributed by atoms with Gasteiger partial charge in [0.2, 0.25) is 10.0 Å². The van der Waals surface area contributed by atoms with Gasteiger partial charge < -0.3 is 4.74 Å². The van der Waals surface area contributed by atoms with Crippen LogP contribution in [0.2, 0.25) is 0 Å². The average molecular weight is 324 g/mol. The second kappa shape index (κ2) is 6.56. The monoisotopic (exact) mass is 324 g/mol. The smallest absolute Gasteiger partial charge is 0.243 e. The first-order valence-corrected chi connectivity index (χ1v) is 9.52. The van der Waals surface area contributed by atoms with E-state index >= 15 is 0 Å². The van der Waals surface area contributed by atoms with Crippen LogP contribution in [0.25, 0.3) is 0 Å². The lowest BCUT2D eigenvalue weighted by Crippen LogP contribution is -2.37. The third-order valence-electron chi connectivity index (χ3n) is 4.56. The van der Waals surface area contributed by atoms with Gasteiger partial charge in [0.05, 0.1) is 11.5 Å². The third-order valence-corrected chi connectivity index (χ3v) is 6.44. The Balaban J connectivity index is 1.70. The Labute approximate surface area is 132 Å². The van der Waals surface area contributed by atoms with Crippen molar-refractivity contribution in [3.05, 3.63) is 24.3 Å². The molecule has 2 aliphatic rings. The molecule has 2 saturated heterocycles. The maximum absolute atomic E-state index is 12.7. The van der Waals surface area contributed by atoms with Crippen LogP contribution >= 0.6 is 0 Å². The number of benzene rings is 1. The number of sulfonamides is 1. The van der Waals surface area contributed by atoms with Crippen molar-refractivity contribution in [2.75, 3.05) is 32.8 Å². The lowest BCUT2D eigenvalue weighted by molar-refractivity contribution is 0.251. The van der Waals surface area contributed by atoms with Crippen molar-refractivity contribution in [1.29, 1.82) is 0 Å². The summed E-state index contributed by atoms with van der Waals surface area (Å²) in [5.41, 5.74) is 0. The number of hydrogen-bond donors (Lipinski definition) is 0. The Morgan fingerprint density at radius 3 is 2.45 bits per heavy atom. The SMILES string of the molecule is CCOc1ccc(S(=O)(=O)N2CCC(N3CCCC3)C2)cc1. The molecule has 1 aromatic carbocycles. The van der Waals surface area contributed by atoms with E-state index in [2.05, 4.69) is 4.90 Å². The quantitative estimate of drug-likeness (QED) is 0.830. The number of likely N-dealkylation sites (tertiary alicyclic amines) is 1. The molecule has 0 saturated carbocycles. The molecule has 0 aliphatic carbocycles.